The van der Waals surface area contributed by atoms with E-state index in [2.05, 4.69) is 21.2 Å². The summed E-state index contributed by atoms with van der Waals surface area (Å²) in [6.45, 7) is 4.24. The molecule has 274 valence electrons. The Morgan fingerprint density at radius 1 is 0.800 bits per heavy atom. The van der Waals surface area contributed by atoms with E-state index in [9.17, 15) is 43.9 Å². The number of nitrogens with one attached hydrogen (secondary N) is 1. The van der Waals surface area contributed by atoms with Gasteiger partial charge in [0.2, 0.25) is 0 Å². The fourth-order valence-electron chi connectivity index (χ4n) is 3.41. The fraction of sp³-hybridized carbons (Fsp3) is 0.276. The Morgan fingerprint density at radius 3 is 1.80 bits per heavy atom. The Kier molecular flexibility index (Phi) is 15.1. The zero-order chi connectivity index (χ0) is 38.6. The molecule has 0 bridgehead atoms. The number of alkyl halides is 9. The van der Waals surface area contributed by atoms with Crippen molar-refractivity contribution in [3.63, 3.8) is 0 Å². The average molecular weight is 733 g/mol. The summed E-state index contributed by atoms with van der Waals surface area (Å²) in [7, 11) is 0. The number of rotatable bonds is 6. The van der Waals surface area contributed by atoms with Crippen LogP contribution < -0.4 is 10.5 Å². The van der Waals surface area contributed by atoms with E-state index >= 15 is 0 Å². The summed E-state index contributed by atoms with van der Waals surface area (Å²) in [6.07, 6.45) is -11.1. The third-order valence-electron chi connectivity index (χ3n) is 5.77. The Hall–Kier alpha value is -5.47. The quantitative estimate of drug-likeness (QED) is 0.142. The van der Waals surface area contributed by atoms with Crippen LogP contribution in [-0.2, 0) is 20.8 Å². The van der Waals surface area contributed by atoms with Gasteiger partial charge in [0.1, 0.15) is 18.2 Å². The first-order chi connectivity index (χ1) is 22.8. The molecule has 2 aromatic heterocycles. The van der Waals surface area contributed by atoms with Gasteiger partial charge in [0.15, 0.2) is 0 Å². The van der Waals surface area contributed by atoms with Gasteiger partial charge in [-0.2, -0.15) is 44.6 Å². The molecule has 21 heteroatoms. The highest BCUT2D eigenvalue weighted by Gasteiger charge is 2.39. The summed E-state index contributed by atoms with van der Waals surface area (Å²) in [5.74, 6) is -7.84. The molecule has 0 aliphatic heterocycles. The van der Waals surface area contributed by atoms with E-state index in [1.165, 1.54) is 12.1 Å². The van der Waals surface area contributed by atoms with Crippen LogP contribution in [-0.4, -0.2) is 79.6 Å². The molecule has 50 heavy (non-hydrogen) atoms. The number of aromatic amines is 1. The predicted octanol–water partition coefficient (Wildman–Crippen LogP) is 6.23. The zero-order valence-corrected chi connectivity index (χ0v) is 25.4. The van der Waals surface area contributed by atoms with Gasteiger partial charge in [0, 0.05) is 28.9 Å². The van der Waals surface area contributed by atoms with Gasteiger partial charge < -0.3 is 25.8 Å². The molecule has 0 unspecified atom stereocenters. The lowest BCUT2D eigenvalue weighted by molar-refractivity contribution is -0.193. The van der Waals surface area contributed by atoms with E-state index < -0.39 is 36.4 Å². The number of fused-ring (bicyclic) bond motifs is 1. The number of benzene rings is 2. The van der Waals surface area contributed by atoms with Crippen LogP contribution in [0.5, 0.6) is 5.75 Å². The van der Waals surface area contributed by atoms with Crippen molar-refractivity contribution in [1.82, 2.24) is 15.2 Å². The van der Waals surface area contributed by atoms with Crippen molar-refractivity contribution < 1.29 is 78.3 Å². The Morgan fingerprint density at radius 2 is 1.32 bits per heavy atom. The number of halogens is 10. The third-order valence-corrected chi connectivity index (χ3v) is 5.77. The number of carbonyl (C=O) groups is 3. The van der Waals surface area contributed by atoms with E-state index in [1.807, 2.05) is 38.2 Å². The molecule has 11 nitrogen and oxygen atoms in total. The fourth-order valence-corrected chi connectivity index (χ4v) is 3.41. The van der Waals surface area contributed by atoms with Gasteiger partial charge in [-0.05, 0) is 67.3 Å². The number of carboxylic acid groups (broad SMARTS) is 3. The molecule has 0 radical (unpaired) electrons. The molecule has 4 aromatic rings. The maximum absolute atomic E-state index is 13.3. The molecule has 0 saturated carbocycles. The number of aromatic nitrogens is 3. The first-order valence-corrected chi connectivity index (χ1v) is 13.3. The molecule has 2 aromatic carbocycles. The summed E-state index contributed by atoms with van der Waals surface area (Å²) in [5.41, 5.74) is 12.1. The molecule has 1 atom stereocenters. The van der Waals surface area contributed by atoms with Crippen LogP contribution in [0.25, 0.3) is 22.0 Å². The van der Waals surface area contributed by atoms with Crippen molar-refractivity contribution in [2.24, 2.45) is 5.73 Å². The van der Waals surface area contributed by atoms with Crippen molar-refractivity contribution in [2.75, 3.05) is 6.61 Å². The molecule has 0 aliphatic rings. The second-order valence-electron chi connectivity index (χ2n) is 9.74. The number of H-pyrrole nitrogens is 1. The van der Waals surface area contributed by atoms with E-state index in [-0.39, 0.29) is 11.9 Å². The lowest BCUT2D eigenvalue weighted by atomic mass is 10.0. The van der Waals surface area contributed by atoms with Gasteiger partial charge in [-0.1, -0.05) is 12.1 Å². The topological polar surface area (TPSA) is 189 Å². The normalized spacial score (nSPS) is 11.9. The Bertz CT molecular complexity index is 1700. The SMILES string of the molecule is Cc1cc(F)ccc1C[C@H](N)COc1cncc(-c2ccc3n[nH]c(C)c3c2)c1.O=C(O)C(F)(F)F.O=C(O)C(F)(F)F.O=C(O)C(F)(F)F. The van der Waals surface area contributed by atoms with Gasteiger partial charge >= 0.3 is 36.4 Å². The molecule has 6 N–H and O–H groups in total. The largest absolute Gasteiger partial charge is 0.490 e. The molecule has 4 rings (SSSR count). The maximum Gasteiger partial charge on any atom is 0.490 e. The van der Waals surface area contributed by atoms with Crippen molar-refractivity contribution >= 4 is 28.8 Å². The Labute approximate surface area is 274 Å². The van der Waals surface area contributed by atoms with Crippen LogP contribution in [0, 0.1) is 19.7 Å². The Balaban J connectivity index is 0.000000486. The number of hydrogen-bond donors (Lipinski definition) is 5. The lowest BCUT2D eigenvalue weighted by Gasteiger charge is -2.15. The number of ether oxygens (including phenoxy) is 1. The minimum Gasteiger partial charge on any atom is -0.490 e. The molecule has 2 heterocycles. The molecular formula is C29H26F10N4O7. The summed E-state index contributed by atoms with van der Waals surface area (Å²) in [5, 5.41) is 29.7. The van der Waals surface area contributed by atoms with E-state index in [1.54, 1.807) is 12.3 Å². The third kappa shape index (κ3) is 14.7. The molecule has 0 amide bonds. The molecule has 0 fully saturated rings. The monoisotopic (exact) mass is 732 g/mol. The standard InChI is InChI=1S/C23H23FN4O.3C2HF3O2/c1-14-7-19(24)5-3-16(14)8-20(25)13-29-21-9-18(11-26-12-21)17-4-6-23-22(10-17)15(2)27-28-23;3*3-2(4,5)1(6)7/h3-7,9-12,20H,8,13,25H2,1-2H3,(H,27,28);3*(H,6,7)/t20-;;;/m0.../s1. The predicted molar refractivity (Wildman–Crippen MR) is 153 cm³/mol. The molecular weight excluding hydrogens is 706 g/mol. The van der Waals surface area contributed by atoms with Gasteiger partial charge in [-0.15, -0.1) is 0 Å². The minimum atomic E-state index is -5.08. The van der Waals surface area contributed by atoms with Crippen LogP contribution in [0.1, 0.15) is 16.8 Å². The van der Waals surface area contributed by atoms with E-state index in [4.69, 9.17) is 40.2 Å². The average Bonchev–Trinajstić information content (AvgIpc) is 3.37. The first kappa shape index (κ1) is 42.6. The van der Waals surface area contributed by atoms with Crippen LogP contribution in [0.3, 0.4) is 0 Å². The van der Waals surface area contributed by atoms with Gasteiger partial charge in [-0.3, -0.25) is 10.1 Å². The number of hydrogen-bond acceptors (Lipinski definition) is 7. The summed E-state index contributed by atoms with van der Waals surface area (Å²) >= 11 is 0. The van der Waals surface area contributed by atoms with Crippen LogP contribution >= 0.6 is 0 Å². The smallest absolute Gasteiger partial charge is 0.490 e. The number of nitrogens with zero attached hydrogens (tertiary/aromatic N) is 2. The highest BCUT2D eigenvalue weighted by atomic mass is 19.4. The highest BCUT2D eigenvalue weighted by Crippen LogP contribution is 2.27. The molecule has 0 aliphatic carbocycles. The number of aliphatic carboxylic acids is 3. The van der Waals surface area contributed by atoms with Gasteiger partial charge in [-0.25, -0.2) is 18.8 Å². The van der Waals surface area contributed by atoms with Crippen molar-refractivity contribution in [3.05, 3.63) is 77.5 Å². The second-order valence-corrected chi connectivity index (χ2v) is 9.74. The van der Waals surface area contributed by atoms with E-state index in [0.29, 0.717) is 18.8 Å². The van der Waals surface area contributed by atoms with Crippen LogP contribution in [0.4, 0.5) is 43.9 Å². The lowest BCUT2D eigenvalue weighted by Crippen LogP contribution is -2.30. The molecule has 0 saturated heterocycles. The number of carboxylic acids is 3. The van der Waals surface area contributed by atoms with Crippen molar-refractivity contribution in [1.29, 1.82) is 0 Å². The summed E-state index contributed by atoms with van der Waals surface area (Å²) in [6, 6.07) is 12.6. The van der Waals surface area contributed by atoms with Gasteiger partial charge in [0.05, 0.1) is 11.7 Å². The summed E-state index contributed by atoms with van der Waals surface area (Å²) < 4.78 is 114. The maximum atomic E-state index is 13.3. The van der Waals surface area contributed by atoms with Gasteiger partial charge in [0.25, 0.3) is 0 Å². The molecule has 0 spiro atoms. The van der Waals surface area contributed by atoms with Crippen LogP contribution in [0.2, 0.25) is 0 Å². The van der Waals surface area contributed by atoms with Crippen molar-refractivity contribution in [2.45, 2.75) is 44.8 Å². The number of pyridine rings is 1. The number of nitrogens with two attached hydrogens (primary N) is 1. The first-order valence-electron chi connectivity index (χ1n) is 13.3. The second kappa shape index (κ2) is 17.8. The highest BCUT2D eigenvalue weighted by molar-refractivity contribution is 5.86. The minimum absolute atomic E-state index is 0.201. The van der Waals surface area contributed by atoms with Crippen LogP contribution in [0.15, 0.2) is 54.9 Å². The summed E-state index contributed by atoms with van der Waals surface area (Å²) in [4.78, 5) is 31.0. The van der Waals surface area contributed by atoms with E-state index in [0.717, 1.165) is 38.9 Å². The number of aryl methyl sites for hydroxylation is 2. The van der Waals surface area contributed by atoms with Crippen molar-refractivity contribution in [3.8, 4) is 16.9 Å². The zero-order valence-electron chi connectivity index (χ0n) is 25.4.